The zero-order valence-electron chi connectivity index (χ0n) is 12.6. The van der Waals surface area contributed by atoms with Crippen molar-refractivity contribution in [1.29, 1.82) is 0 Å². The fourth-order valence-corrected chi connectivity index (χ4v) is 1.70. The summed E-state index contributed by atoms with van der Waals surface area (Å²) in [7, 11) is 4.16. The summed E-state index contributed by atoms with van der Waals surface area (Å²) in [6.07, 6.45) is 1.12. The molecule has 5 heteroatoms. The van der Waals surface area contributed by atoms with Crippen LogP contribution >= 0.6 is 0 Å². The molecule has 0 bridgehead atoms. The van der Waals surface area contributed by atoms with Crippen LogP contribution in [-0.2, 0) is 11.3 Å². The van der Waals surface area contributed by atoms with E-state index < -0.39 is 5.91 Å². The molecule has 0 aliphatic carbocycles. The molecule has 0 saturated carbocycles. The molecule has 0 radical (unpaired) electrons. The summed E-state index contributed by atoms with van der Waals surface area (Å²) in [4.78, 5) is 12.8. The van der Waals surface area contributed by atoms with E-state index in [0.717, 1.165) is 19.5 Å². The fraction of sp³-hybridized carbons (Fsp3) is 0.533. The van der Waals surface area contributed by atoms with Crippen LogP contribution in [0.15, 0.2) is 24.3 Å². The van der Waals surface area contributed by atoms with Crippen molar-refractivity contribution >= 4 is 5.91 Å². The monoisotopic (exact) mass is 279 g/mol. The summed E-state index contributed by atoms with van der Waals surface area (Å²) in [6, 6.07) is 8.15. The maximum atomic E-state index is 10.6. The van der Waals surface area contributed by atoms with E-state index in [9.17, 15) is 4.79 Å². The van der Waals surface area contributed by atoms with Crippen molar-refractivity contribution in [2.45, 2.75) is 25.9 Å². The number of nitrogens with two attached hydrogens (primary N) is 1. The summed E-state index contributed by atoms with van der Waals surface area (Å²) in [5, 5.41) is 3.48. The van der Waals surface area contributed by atoms with Crippen molar-refractivity contribution in [2.24, 2.45) is 5.73 Å². The number of hydrogen-bond donors (Lipinski definition) is 2. The third-order valence-electron chi connectivity index (χ3n) is 2.97. The number of primary amides is 1. The molecule has 0 spiro atoms. The Morgan fingerprint density at radius 1 is 1.35 bits per heavy atom. The van der Waals surface area contributed by atoms with E-state index in [0.29, 0.717) is 11.8 Å². The molecule has 0 aliphatic rings. The number of carbonyl (C=O) groups excluding carboxylic acids is 1. The number of nitrogens with zero attached hydrogens (tertiary/aromatic N) is 1. The first-order chi connectivity index (χ1) is 9.47. The first-order valence-electron chi connectivity index (χ1n) is 6.85. The van der Waals surface area contributed by atoms with Crippen LogP contribution in [0.3, 0.4) is 0 Å². The first-order valence-corrected chi connectivity index (χ1v) is 6.85. The average molecular weight is 279 g/mol. The number of nitrogens with one attached hydrogen (secondary N) is 1. The molecular formula is C15H25N3O2. The highest BCUT2D eigenvalue weighted by atomic mass is 16.5. The predicted molar refractivity (Wildman–Crippen MR) is 80.6 cm³/mol. The van der Waals surface area contributed by atoms with E-state index in [1.165, 1.54) is 5.56 Å². The minimum Gasteiger partial charge on any atom is -0.484 e. The maximum Gasteiger partial charge on any atom is 0.255 e. The zero-order chi connectivity index (χ0) is 15.0. The Hall–Kier alpha value is -1.59. The van der Waals surface area contributed by atoms with Crippen LogP contribution in [0.4, 0.5) is 0 Å². The highest BCUT2D eigenvalue weighted by Crippen LogP contribution is 2.12. The number of amides is 1. The Bertz CT molecular complexity index is 404. The summed E-state index contributed by atoms with van der Waals surface area (Å²) in [6.45, 7) is 4.01. The molecule has 112 valence electrons. The summed E-state index contributed by atoms with van der Waals surface area (Å²) < 4.78 is 5.21. The molecule has 20 heavy (non-hydrogen) atoms. The van der Waals surface area contributed by atoms with Crippen LogP contribution in [0.25, 0.3) is 0 Å². The Labute approximate surface area is 121 Å². The molecule has 0 heterocycles. The smallest absolute Gasteiger partial charge is 0.255 e. The van der Waals surface area contributed by atoms with Crippen molar-refractivity contribution in [3.8, 4) is 5.75 Å². The molecule has 0 aromatic heterocycles. The Balaban J connectivity index is 2.32. The lowest BCUT2D eigenvalue weighted by Crippen LogP contribution is -2.29. The van der Waals surface area contributed by atoms with Gasteiger partial charge in [0.15, 0.2) is 6.61 Å². The van der Waals surface area contributed by atoms with Crippen LogP contribution in [0.5, 0.6) is 5.75 Å². The zero-order valence-corrected chi connectivity index (χ0v) is 12.6. The largest absolute Gasteiger partial charge is 0.484 e. The van der Waals surface area contributed by atoms with E-state index in [1.807, 2.05) is 24.3 Å². The minimum absolute atomic E-state index is 0.0842. The lowest BCUT2D eigenvalue weighted by Gasteiger charge is -2.16. The van der Waals surface area contributed by atoms with Gasteiger partial charge >= 0.3 is 0 Å². The molecule has 1 amide bonds. The van der Waals surface area contributed by atoms with Gasteiger partial charge in [-0.05, 0) is 51.7 Å². The molecule has 0 aliphatic heterocycles. The summed E-state index contributed by atoms with van der Waals surface area (Å²) >= 11 is 0. The maximum absolute atomic E-state index is 10.6. The second-order valence-corrected chi connectivity index (χ2v) is 5.27. The molecule has 1 aromatic rings. The van der Waals surface area contributed by atoms with E-state index >= 15 is 0 Å². The highest BCUT2D eigenvalue weighted by Gasteiger charge is 2.03. The van der Waals surface area contributed by atoms with Crippen LogP contribution in [-0.4, -0.2) is 44.1 Å². The molecule has 0 fully saturated rings. The van der Waals surface area contributed by atoms with Gasteiger partial charge in [-0.25, -0.2) is 0 Å². The van der Waals surface area contributed by atoms with Gasteiger partial charge in [0.05, 0.1) is 0 Å². The Kier molecular flexibility index (Phi) is 7.04. The van der Waals surface area contributed by atoms with Gasteiger partial charge in [0.2, 0.25) is 0 Å². The molecule has 5 nitrogen and oxygen atoms in total. The molecule has 1 unspecified atom stereocenters. The molecule has 1 rings (SSSR count). The van der Waals surface area contributed by atoms with Crippen molar-refractivity contribution in [1.82, 2.24) is 10.2 Å². The SMILES string of the molecule is CC(CCN(C)C)NCc1ccc(OCC(N)=O)cc1. The van der Waals surface area contributed by atoms with Gasteiger partial charge in [0.1, 0.15) is 5.75 Å². The van der Waals surface area contributed by atoms with Gasteiger partial charge < -0.3 is 20.7 Å². The quantitative estimate of drug-likeness (QED) is 0.707. The molecule has 0 saturated heterocycles. The molecule has 3 N–H and O–H groups in total. The van der Waals surface area contributed by atoms with Crippen LogP contribution in [0, 0.1) is 0 Å². The average Bonchev–Trinajstić information content (AvgIpc) is 2.41. The second kappa shape index (κ2) is 8.55. The fourth-order valence-electron chi connectivity index (χ4n) is 1.70. The molecular weight excluding hydrogens is 254 g/mol. The normalized spacial score (nSPS) is 12.4. The summed E-state index contributed by atoms with van der Waals surface area (Å²) in [5.74, 6) is 0.193. The van der Waals surface area contributed by atoms with Crippen molar-refractivity contribution in [3.63, 3.8) is 0 Å². The van der Waals surface area contributed by atoms with Gasteiger partial charge in [-0.3, -0.25) is 4.79 Å². The van der Waals surface area contributed by atoms with Gasteiger partial charge in [0, 0.05) is 12.6 Å². The van der Waals surface area contributed by atoms with Crippen molar-refractivity contribution in [3.05, 3.63) is 29.8 Å². The summed E-state index contributed by atoms with van der Waals surface area (Å²) in [5.41, 5.74) is 6.21. The number of carbonyl (C=O) groups is 1. The third kappa shape index (κ3) is 7.11. The predicted octanol–water partition coefficient (Wildman–Crippen LogP) is 0.981. The van der Waals surface area contributed by atoms with Gasteiger partial charge in [-0.1, -0.05) is 12.1 Å². The first kappa shape index (κ1) is 16.5. The highest BCUT2D eigenvalue weighted by molar-refractivity contribution is 5.75. The standard InChI is InChI=1S/C15H25N3O2/c1-12(8-9-18(2)3)17-10-13-4-6-14(7-5-13)20-11-15(16)19/h4-7,12,17H,8-11H2,1-3H3,(H2,16,19). The number of ether oxygens (including phenoxy) is 1. The number of benzene rings is 1. The molecule has 1 aromatic carbocycles. The van der Waals surface area contributed by atoms with Crippen LogP contribution in [0.2, 0.25) is 0 Å². The lowest BCUT2D eigenvalue weighted by molar-refractivity contribution is -0.119. The third-order valence-corrected chi connectivity index (χ3v) is 2.97. The van der Waals surface area contributed by atoms with Crippen molar-refractivity contribution < 1.29 is 9.53 Å². The van der Waals surface area contributed by atoms with Gasteiger partial charge in [-0.2, -0.15) is 0 Å². The minimum atomic E-state index is -0.467. The lowest BCUT2D eigenvalue weighted by atomic mass is 10.2. The van der Waals surface area contributed by atoms with E-state index in [2.05, 4.69) is 31.2 Å². The van der Waals surface area contributed by atoms with Crippen LogP contribution in [0.1, 0.15) is 18.9 Å². The topological polar surface area (TPSA) is 67.6 Å². The van der Waals surface area contributed by atoms with Gasteiger partial charge in [-0.15, -0.1) is 0 Å². The molecule has 1 atom stereocenters. The Morgan fingerprint density at radius 2 is 2.00 bits per heavy atom. The van der Waals surface area contributed by atoms with Crippen molar-refractivity contribution in [2.75, 3.05) is 27.2 Å². The van der Waals surface area contributed by atoms with E-state index in [-0.39, 0.29) is 6.61 Å². The number of rotatable bonds is 9. The van der Waals surface area contributed by atoms with Gasteiger partial charge in [0.25, 0.3) is 5.91 Å². The van der Waals surface area contributed by atoms with E-state index in [4.69, 9.17) is 10.5 Å². The van der Waals surface area contributed by atoms with E-state index in [1.54, 1.807) is 0 Å². The second-order valence-electron chi connectivity index (χ2n) is 5.27. The number of hydrogen-bond acceptors (Lipinski definition) is 4. The van der Waals surface area contributed by atoms with Crippen LogP contribution < -0.4 is 15.8 Å². The Morgan fingerprint density at radius 3 is 2.55 bits per heavy atom.